The number of carbonyl (C=O) groups excluding carboxylic acids is 1. The number of ether oxygens (including phenoxy) is 2. The first kappa shape index (κ1) is 20.4. The molecule has 7 heteroatoms. The van der Waals surface area contributed by atoms with Crippen LogP contribution < -0.4 is 4.74 Å². The van der Waals surface area contributed by atoms with E-state index in [1.807, 2.05) is 66.7 Å². The van der Waals surface area contributed by atoms with E-state index in [2.05, 4.69) is 0 Å². The Morgan fingerprint density at radius 2 is 1.83 bits per heavy atom. The van der Waals surface area contributed by atoms with Crippen LogP contribution in [-0.2, 0) is 16.1 Å². The molecule has 5 nitrogen and oxygen atoms in total. The number of carbonyl (C=O) groups is 1. The minimum Gasteiger partial charge on any atom is -0.468 e. The summed E-state index contributed by atoms with van der Waals surface area (Å²) in [5.74, 6) is 1.92. The van der Waals surface area contributed by atoms with Crippen molar-refractivity contribution in [3.63, 3.8) is 0 Å². The maximum atomic E-state index is 12.8. The van der Waals surface area contributed by atoms with Gasteiger partial charge in [0.15, 0.2) is 6.79 Å². The molecular formula is C23H19NO4S2. The van der Waals surface area contributed by atoms with Crippen LogP contribution in [0.3, 0.4) is 0 Å². The number of hydrogen-bond acceptors (Lipinski definition) is 6. The van der Waals surface area contributed by atoms with Gasteiger partial charge in [0.2, 0.25) is 0 Å². The maximum Gasteiger partial charge on any atom is 0.266 e. The molecule has 1 amide bonds. The molecule has 1 aliphatic rings. The van der Waals surface area contributed by atoms with Gasteiger partial charge < -0.3 is 13.9 Å². The number of rotatable bonds is 7. The van der Waals surface area contributed by atoms with Crippen molar-refractivity contribution >= 4 is 40.3 Å². The van der Waals surface area contributed by atoms with E-state index in [1.54, 1.807) is 18.1 Å². The first-order chi connectivity index (χ1) is 14.6. The average Bonchev–Trinajstić information content (AvgIpc) is 3.34. The zero-order valence-electron chi connectivity index (χ0n) is 16.2. The van der Waals surface area contributed by atoms with E-state index in [9.17, 15) is 4.79 Å². The average molecular weight is 438 g/mol. The van der Waals surface area contributed by atoms with Gasteiger partial charge in [-0.05, 0) is 42.0 Å². The summed E-state index contributed by atoms with van der Waals surface area (Å²) in [6.07, 6.45) is 1.74. The van der Waals surface area contributed by atoms with Crippen molar-refractivity contribution in [2.75, 3.05) is 13.9 Å². The van der Waals surface area contributed by atoms with Gasteiger partial charge in [-0.3, -0.25) is 9.69 Å². The quantitative estimate of drug-likeness (QED) is 0.283. The maximum absolute atomic E-state index is 12.8. The fourth-order valence-electron chi connectivity index (χ4n) is 2.96. The highest BCUT2D eigenvalue weighted by Gasteiger charge is 2.32. The van der Waals surface area contributed by atoms with E-state index in [1.165, 1.54) is 11.8 Å². The van der Waals surface area contributed by atoms with Gasteiger partial charge in [-0.15, -0.1) is 0 Å². The summed E-state index contributed by atoms with van der Waals surface area (Å²) in [4.78, 5) is 15.0. The lowest BCUT2D eigenvalue weighted by molar-refractivity contribution is -0.122. The molecule has 0 N–H and O–H groups in total. The number of benzene rings is 2. The molecule has 0 atom stereocenters. The van der Waals surface area contributed by atoms with Crippen molar-refractivity contribution in [1.82, 2.24) is 4.90 Å². The Bertz CT molecular complexity index is 1070. The number of nitrogens with zero attached hydrogens (tertiary/aromatic N) is 1. The second-order valence-corrected chi connectivity index (χ2v) is 8.21. The van der Waals surface area contributed by atoms with E-state index in [4.69, 9.17) is 26.1 Å². The number of amides is 1. The van der Waals surface area contributed by atoms with Crippen LogP contribution in [0.5, 0.6) is 5.75 Å². The zero-order valence-corrected chi connectivity index (χ0v) is 17.9. The molecule has 1 aromatic heterocycles. The van der Waals surface area contributed by atoms with Gasteiger partial charge >= 0.3 is 0 Å². The summed E-state index contributed by atoms with van der Waals surface area (Å²) in [7, 11) is 1.58. The van der Waals surface area contributed by atoms with Crippen LogP contribution in [0.2, 0.25) is 0 Å². The minimum atomic E-state index is -0.105. The number of thiocarbonyl (C=S) groups is 1. The van der Waals surface area contributed by atoms with Crippen molar-refractivity contribution in [2.24, 2.45) is 0 Å². The van der Waals surface area contributed by atoms with Gasteiger partial charge in [0.1, 0.15) is 21.6 Å². The minimum absolute atomic E-state index is 0.105. The Labute approximate surface area is 184 Å². The molecule has 1 aliphatic heterocycles. The van der Waals surface area contributed by atoms with Gasteiger partial charge in [-0.25, -0.2) is 0 Å². The highest BCUT2D eigenvalue weighted by molar-refractivity contribution is 8.26. The third kappa shape index (κ3) is 4.64. The summed E-state index contributed by atoms with van der Waals surface area (Å²) in [6, 6.07) is 21.0. The predicted molar refractivity (Wildman–Crippen MR) is 122 cm³/mol. The summed E-state index contributed by atoms with van der Waals surface area (Å²) in [6.45, 7) is 0.663. The van der Waals surface area contributed by atoms with Gasteiger partial charge in [-0.1, -0.05) is 54.3 Å². The second kappa shape index (κ2) is 9.30. The lowest BCUT2D eigenvalue weighted by Gasteiger charge is -2.14. The molecular weight excluding hydrogens is 418 g/mol. The number of methoxy groups -OCH3 is 1. The Kier molecular flexibility index (Phi) is 6.32. The van der Waals surface area contributed by atoms with Gasteiger partial charge in [0.05, 0.1) is 11.4 Å². The predicted octanol–water partition coefficient (Wildman–Crippen LogP) is 5.33. The summed E-state index contributed by atoms with van der Waals surface area (Å²) >= 11 is 6.70. The van der Waals surface area contributed by atoms with Crippen LogP contribution in [0, 0.1) is 0 Å². The van der Waals surface area contributed by atoms with Gasteiger partial charge in [-0.2, -0.15) is 0 Å². The molecule has 152 valence electrons. The van der Waals surface area contributed by atoms with Gasteiger partial charge in [0.25, 0.3) is 5.91 Å². The van der Waals surface area contributed by atoms with E-state index in [0.29, 0.717) is 27.3 Å². The van der Waals surface area contributed by atoms with Crippen LogP contribution in [0.1, 0.15) is 11.3 Å². The SMILES string of the molecule is COCOc1ccc(-c2ccc(C=C3SC(=S)N(Cc4ccccc4)C3=O)o2)cc1. The van der Waals surface area contributed by atoms with E-state index in [0.717, 1.165) is 16.9 Å². The fourth-order valence-corrected chi connectivity index (χ4v) is 4.19. The highest BCUT2D eigenvalue weighted by atomic mass is 32.2. The highest BCUT2D eigenvalue weighted by Crippen LogP contribution is 2.34. The smallest absolute Gasteiger partial charge is 0.266 e. The molecule has 0 spiro atoms. The first-order valence-corrected chi connectivity index (χ1v) is 10.5. The summed E-state index contributed by atoms with van der Waals surface area (Å²) in [5.41, 5.74) is 1.95. The standard InChI is InChI=1S/C23H19NO4S2/c1-26-15-27-18-9-7-17(8-10-18)20-12-11-19(28-20)13-21-22(25)24(23(29)30-21)14-16-5-3-2-4-6-16/h2-13H,14-15H2,1H3. The zero-order chi connectivity index (χ0) is 20.9. The van der Waals surface area contributed by atoms with E-state index < -0.39 is 0 Å². The normalized spacial score (nSPS) is 15.2. The molecule has 0 radical (unpaired) electrons. The molecule has 2 heterocycles. The molecule has 0 bridgehead atoms. The lowest BCUT2D eigenvalue weighted by Crippen LogP contribution is -2.27. The molecule has 4 rings (SSSR count). The molecule has 1 saturated heterocycles. The van der Waals surface area contributed by atoms with Crippen LogP contribution in [0.4, 0.5) is 0 Å². The van der Waals surface area contributed by atoms with Gasteiger partial charge in [0, 0.05) is 18.7 Å². The summed E-state index contributed by atoms with van der Waals surface area (Å²) < 4.78 is 16.8. The largest absolute Gasteiger partial charge is 0.468 e. The first-order valence-electron chi connectivity index (χ1n) is 9.25. The Hall–Kier alpha value is -2.87. The lowest BCUT2D eigenvalue weighted by atomic mass is 10.2. The molecule has 0 aliphatic carbocycles. The van der Waals surface area contributed by atoms with Crippen LogP contribution in [0.25, 0.3) is 17.4 Å². The third-order valence-corrected chi connectivity index (χ3v) is 5.82. The van der Waals surface area contributed by atoms with Crippen molar-refractivity contribution in [3.8, 4) is 17.1 Å². The van der Waals surface area contributed by atoms with E-state index >= 15 is 0 Å². The van der Waals surface area contributed by atoms with Crippen molar-refractivity contribution in [2.45, 2.75) is 6.54 Å². The van der Waals surface area contributed by atoms with Crippen molar-refractivity contribution in [1.29, 1.82) is 0 Å². The third-order valence-electron chi connectivity index (χ3n) is 4.44. The molecule has 1 fully saturated rings. The Balaban J connectivity index is 1.47. The molecule has 0 saturated carbocycles. The molecule has 0 unspecified atom stereocenters. The van der Waals surface area contributed by atoms with Crippen LogP contribution in [-0.4, -0.2) is 29.0 Å². The topological polar surface area (TPSA) is 51.9 Å². The van der Waals surface area contributed by atoms with Crippen LogP contribution in [0.15, 0.2) is 76.1 Å². The van der Waals surface area contributed by atoms with E-state index in [-0.39, 0.29) is 12.7 Å². The number of furan rings is 1. The Morgan fingerprint density at radius 1 is 1.07 bits per heavy atom. The monoisotopic (exact) mass is 437 g/mol. The fraction of sp³-hybridized carbons (Fsp3) is 0.130. The second-order valence-electron chi connectivity index (χ2n) is 6.53. The van der Waals surface area contributed by atoms with Crippen molar-refractivity contribution in [3.05, 3.63) is 83.0 Å². The van der Waals surface area contributed by atoms with Crippen molar-refractivity contribution < 1.29 is 18.7 Å². The van der Waals surface area contributed by atoms with Crippen LogP contribution >= 0.6 is 24.0 Å². The Morgan fingerprint density at radius 3 is 2.57 bits per heavy atom. The summed E-state index contributed by atoms with van der Waals surface area (Å²) in [5, 5.41) is 0. The number of thioether (sulfide) groups is 1. The number of hydrogen-bond donors (Lipinski definition) is 0. The molecule has 2 aromatic carbocycles. The molecule has 3 aromatic rings. The molecule has 30 heavy (non-hydrogen) atoms.